The lowest BCUT2D eigenvalue weighted by atomic mass is 9.81. The Labute approximate surface area is 112 Å². The average molecular weight is 271 g/mol. The van der Waals surface area contributed by atoms with Crippen molar-refractivity contribution >= 4 is 17.7 Å². The molecule has 0 bridgehead atoms. The third kappa shape index (κ3) is 3.28. The van der Waals surface area contributed by atoms with Gasteiger partial charge in [-0.1, -0.05) is 11.6 Å². The maximum absolute atomic E-state index is 12.2. The number of carbonyl (C=O) groups is 1. The van der Waals surface area contributed by atoms with Crippen molar-refractivity contribution in [3.8, 4) is 0 Å². The van der Waals surface area contributed by atoms with Crippen LogP contribution in [0.25, 0.3) is 0 Å². The van der Waals surface area contributed by atoms with E-state index in [1.165, 1.54) is 5.57 Å². The van der Waals surface area contributed by atoms with E-state index in [1.54, 1.807) is 0 Å². The van der Waals surface area contributed by atoms with Crippen LogP contribution in [0.2, 0.25) is 0 Å². The summed E-state index contributed by atoms with van der Waals surface area (Å²) in [6, 6.07) is 0. The van der Waals surface area contributed by atoms with Crippen LogP contribution in [0.3, 0.4) is 0 Å². The number of thioether (sulfide) groups is 1. The van der Waals surface area contributed by atoms with Gasteiger partial charge in [-0.25, -0.2) is 5.48 Å². The molecule has 0 aromatic rings. The Bertz CT molecular complexity index is 335. The number of hydrogen-bond acceptors (Lipinski definition) is 4. The maximum atomic E-state index is 12.2. The van der Waals surface area contributed by atoms with Crippen LogP contribution in [0.1, 0.15) is 26.7 Å². The molecule has 1 unspecified atom stereocenters. The second kappa shape index (κ2) is 6.08. The zero-order valence-corrected chi connectivity index (χ0v) is 11.8. The van der Waals surface area contributed by atoms with Gasteiger partial charge >= 0.3 is 0 Å². The summed E-state index contributed by atoms with van der Waals surface area (Å²) in [5.74, 6) is 2.04. The van der Waals surface area contributed by atoms with E-state index in [1.807, 2.05) is 25.6 Å². The SMILES string of the molecule is CC(C)(C(=O)NOC1CCOC1)C1=CCSCC1. The average Bonchev–Trinajstić information content (AvgIpc) is 2.90. The van der Waals surface area contributed by atoms with Crippen molar-refractivity contribution in [3.05, 3.63) is 11.6 Å². The van der Waals surface area contributed by atoms with Gasteiger partial charge in [-0.15, -0.1) is 0 Å². The number of ether oxygens (including phenoxy) is 1. The molecule has 0 spiro atoms. The van der Waals surface area contributed by atoms with E-state index >= 15 is 0 Å². The van der Waals surface area contributed by atoms with Crippen molar-refractivity contribution in [2.45, 2.75) is 32.8 Å². The van der Waals surface area contributed by atoms with Crippen LogP contribution in [0.5, 0.6) is 0 Å². The highest BCUT2D eigenvalue weighted by Gasteiger charge is 2.33. The van der Waals surface area contributed by atoms with Crippen LogP contribution in [0.15, 0.2) is 11.6 Å². The molecule has 102 valence electrons. The first kappa shape index (κ1) is 13.9. The zero-order chi connectivity index (χ0) is 13.0. The number of rotatable bonds is 4. The predicted molar refractivity (Wildman–Crippen MR) is 72.3 cm³/mol. The number of hydrogen-bond donors (Lipinski definition) is 1. The lowest BCUT2D eigenvalue weighted by molar-refractivity contribution is -0.145. The van der Waals surface area contributed by atoms with Gasteiger partial charge < -0.3 is 4.74 Å². The Kier molecular flexibility index (Phi) is 4.70. The van der Waals surface area contributed by atoms with E-state index in [0.29, 0.717) is 13.2 Å². The van der Waals surface area contributed by atoms with Crippen molar-refractivity contribution in [1.82, 2.24) is 5.48 Å². The minimum atomic E-state index is -0.486. The molecule has 1 N–H and O–H groups in total. The number of carbonyl (C=O) groups excluding carboxylic acids is 1. The summed E-state index contributed by atoms with van der Waals surface area (Å²) >= 11 is 1.90. The van der Waals surface area contributed by atoms with Gasteiger partial charge in [-0.05, 0) is 26.0 Å². The number of amides is 1. The molecule has 0 radical (unpaired) electrons. The summed E-state index contributed by atoms with van der Waals surface area (Å²) in [6.07, 6.45) is 4.00. The molecule has 2 heterocycles. The molecule has 0 aliphatic carbocycles. The Morgan fingerprint density at radius 3 is 3.06 bits per heavy atom. The number of hydroxylamine groups is 1. The van der Waals surface area contributed by atoms with E-state index in [2.05, 4.69) is 11.6 Å². The second-order valence-corrected chi connectivity index (χ2v) is 6.36. The minimum Gasteiger partial charge on any atom is -0.379 e. The maximum Gasteiger partial charge on any atom is 0.253 e. The van der Waals surface area contributed by atoms with Crippen molar-refractivity contribution in [1.29, 1.82) is 0 Å². The fourth-order valence-electron chi connectivity index (χ4n) is 2.11. The molecule has 1 amide bonds. The van der Waals surface area contributed by atoms with Crippen LogP contribution in [0.4, 0.5) is 0 Å². The van der Waals surface area contributed by atoms with E-state index in [0.717, 1.165) is 24.3 Å². The Morgan fingerprint density at radius 2 is 2.44 bits per heavy atom. The third-order valence-corrected chi connectivity index (χ3v) is 4.44. The highest BCUT2D eigenvalue weighted by atomic mass is 32.2. The van der Waals surface area contributed by atoms with Crippen LogP contribution in [0, 0.1) is 5.41 Å². The normalized spacial score (nSPS) is 24.8. The van der Waals surface area contributed by atoms with Gasteiger partial charge in [0.25, 0.3) is 5.91 Å². The summed E-state index contributed by atoms with van der Waals surface area (Å²) in [4.78, 5) is 17.6. The number of nitrogens with one attached hydrogen (secondary N) is 1. The lowest BCUT2D eigenvalue weighted by Gasteiger charge is -2.29. The standard InChI is InChI=1S/C13H21NO3S/c1-13(2,10-4-7-18-8-5-10)12(15)14-17-11-3-6-16-9-11/h4,11H,3,5-9H2,1-2H3,(H,14,15). The summed E-state index contributed by atoms with van der Waals surface area (Å²) in [6.45, 7) is 5.20. The molecule has 4 nitrogen and oxygen atoms in total. The molecular weight excluding hydrogens is 250 g/mol. The summed E-state index contributed by atoms with van der Waals surface area (Å²) in [5, 5.41) is 0. The Morgan fingerprint density at radius 1 is 1.61 bits per heavy atom. The monoisotopic (exact) mass is 271 g/mol. The zero-order valence-electron chi connectivity index (χ0n) is 11.0. The molecular formula is C13H21NO3S. The molecule has 0 aromatic carbocycles. The quantitative estimate of drug-likeness (QED) is 0.627. The lowest BCUT2D eigenvalue weighted by Crippen LogP contribution is -2.40. The molecule has 0 aromatic heterocycles. The van der Waals surface area contributed by atoms with Crippen LogP contribution >= 0.6 is 11.8 Å². The van der Waals surface area contributed by atoms with E-state index in [-0.39, 0.29) is 12.0 Å². The molecule has 1 atom stereocenters. The fourth-order valence-corrected chi connectivity index (χ4v) is 2.96. The summed E-state index contributed by atoms with van der Waals surface area (Å²) in [7, 11) is 0. The molecule has 5 heteroatoms. The van der Waals surface area contributed by atoms with Gasteiger partial charge in [0.05, 0.1) is 12.0 Å². The first-order valence-corrected chi connectivity index (χ1v) is 7.57. The largest absolute Gasteiger partial charge is 0.379 e. The van der Waals surface area contributed by atoms with Crippen molar-refractivity contribution in [2.75, 3.05) is 24.7 Å². The molecule has 1 fully saturated rings. The third-order valence-electron chi connectivity index (χ3n) is 3.54. The van der Waals surface area contributed by atoms with Crippen molar-refractivity contribution in [3.63, 3.8) is 0 Å². The first-order chi connectivity index (χ1) is 8.60. The first-order valence-electron chi connectivity index (χ1n) is 6.42. The van der Waals surface area contributed by atoms with Gasteiger partial charge in [-0.2, -0.15) is 11.8 Å². The predicted octanol–water partition coefficient (Wildman–Crippen LogP) is 1.91. The highest BCUT2D eigenvalue weighted by molar-refractivity contribution is 7.99. The van der Waals surface area contributed by atoms with Crippen molar-refractivity contribution < 1.29 is 14.4 Å². The highest BCUT2D eigenvalue weighted by Crippen LogP contribution is 2.33. The molecule has 2 rings (SSSR count). The van der Waals surface area contributed by atoms with E-state index < -0.39 is 5.41 Å². The van der Waals surface area contributed by atoms with Crippen LogP contribution in [-0.2, 0) is 14.4 Å². The Balaban J connectivity index is 1.87. The smallest absolute Gasteiger partial charge is 0.253 e. The van der Waals surface area contributed by atoms with Gasteiger partial charge in [0.15, 0.2) is 0 Å². The fraction of sp³-hybridized carbons (Fsp3) is 0.769. The molecule has 0 saturated carbocycles. The molecule has 18 heavy (non-hydrogen) atoms. The molecule has 2 aliphatic rings. The second-order valence-electron chi connectivity index (χ2n) is 5.21. The van der Waals surface area contributed by atoms with Gasteiger partial charge in [0.1, 0.15) is 6.10 Å². The molecule has 1 saturated heterocycles. The van der Waals surface area contributed by atoms with Crippen molar-refractivity contribution in [2.24, 2.45) is 5.41 Å². The summed E-state index contributed by atoms with van der Waals surface area (Å²) < 4.78 is 5.20. The van der Waals surface area contributed by atoms with Gasteiger partial charge in [0, 0.05) is 18.8 Å². The van der Waals surface area contributed by atoms with E-state index in [4.69, 9.17) is 9.57 Å². The van der Waals surface area contributed by atoms with E-state index in [9.17, 15) is 4.79 Å². The van der Waals surface area contributed by atoms with Crippen LogP contribution in [-0.4, -0.2) is 36.7 Å². The van der Waals surface area contributed by atoms with Gasteiger partial charge in [0.2, 0.25) is 0 Å². The molecule has 2 aliphatic heterocycles. The van der Waals surface area contributed by atoms with Crippen LogP contribution < -0.4 is 5.48 Å². The topological polar surface area (TPSA) is 47.6 Å². The summed E-state index contributed by atoms with van der Waals surface area (Å²) in [5.41, 5.74) is 3.32. The minimum absolute atomic E-state index is 0.000594. The Hall–Kier alpha value is -0.520. The van der Waals surface area contributed by atoms with Gasteiger partial charge in [-0.3, -0.25) is 9.63 Å².